The number of aryl methyl sites for hydroxylation is 1. The highest BCUT2D eigenvalue weighted by Crippen LogP contribution is 2.32. The molecule has 2 heterocycles. The molecule has 0 bridgehead atoms. The summed E-state index contributed by atoms with van der Waals surface area (Å²) in [7, 11) is 1.83. The van der Waals surface area contributed by atoms with Crippen LogP contribution in [0.3, 0.4) is 0 Å². The Labute approximate surface area is 144 Å². The van der Waals surface area contributed by atoms with Gasteiger partial charge in [-0.25, -0.2) is 4.98 Å². The molecule has 0 radical (unpaired) electrons. The predicted molar refractivity (Wildman–Crippen MR) is 96.2 cm³/mol. The van der Waals surface area contributed by atoms with Gasteiger partial charge in [-0.05, 0) is 31.6 Å². The van der Waals surface area contributed by atoms with Crippen LogP contribution in [0.4, 0.5) is 11.8 Å². The molecule has 1 saturated heterocycles. The summed E-state index contributed by atoms with van der Waals surface area (Å²) >= 11 is 0. The number of rotatable bonds is 5. The third-order valence-electron chi connectivity index (χ3n) is 5.03. The number of hydrogen-bond acceptors (Lipinski definition) is 5. The molecule has 0 aromatic carbocycles. The number of carbonyl (C=O) groups is 1. The summed E-state index contributed by atoms with van der Waals surface area (Å²) < 4.78 is 0. The second-order valence-electron chi connectivity index (χ2n) is 7.44. The molecule has 3 rings (SSSR count). The van der Waals surface area contributed by atoms with Gasteiger partial charge in [0.2, 0.25) is 11.9 Å². The van der Waals surface area contributed by atoms with E-state index >= 15 is 0 Å². The van der Waals surface area contributed by atoms with E-state index in [1.165, 1.54) is 12.8 Å². The maximum atomic E-state index is 12.7. The predicted octanol–water partition coefficient (Wildman–Crippen LogP) is 2.30. The highest BCUT2D eigenvalue weighted by Gasteiger charge is 2.35. The van der Waals surface area contributed by atoms with E-state index in [0.717, 1.165) is 37.1 Å². The Balaban J connectivity index is 1.85. The summed E-state index contributed by atoms with van der Waals surface area (Å²) in [5, 5.41) is 3.02. The van der Waals surface area contributed by atoms with E-state index in [9.17, 15) is 4.79 Å². The Morgan fingerprint density at radius 3 is 2.71 bits per heavy atom. The molecule has 1 aromatic heterocycles. The molecule has 0 spiro atoms. The van der Waals surface area contributed by atoms with Gasteiger partial charge in [-0.3, -0.25) is 4.79 Å². The lowest BCUT2D eigenvalue weighted by Gasteiger charge is -2.35. The molecule has 1 atom stereocenters. The van der Waals surface area contributed by atoms with E-state index in [4.69, 9.17) is 0 Å². The van der Waals surface area contributed by atoms with Gasteiger partial charge in [0.1, 0.15) is 5.82 Å². The molecule has 24 heavy (non-hydrogen) atoms. The SMILES string of the molecule is CNc1nc(C)cc(N2CCC(=O)N(CC3CC3)[C@@H](C(C)C)C2)n1. The van der Waals surface area contributed by atoms with Crippen LogP contribution in [0.25, 0.3) is 0 Å². The van der Waals surface area contributed by atoms with Crippen LogP contribution in [0.15, 0.2) is 6.07 Å². The first kappa shape index (κ1) is 17.0. The molecule has 1 aliphatic heterocycles. The first-order chi connectivity index (χ1) is 11.5. The monoisotopic (exact) mass is 331 g/mol. The molecular weight excluding hydrogens is 302 g/mol. The lowest BCUT2D eigenvalue weighted by atomic mass is 10.0. The summed E-state index contributed by atoms with van der Waals surface area (Å²) in [6.45, 7) is 8.91. The van der Waals surface area contributed by atoms with Gasteiger partial charge >= 0.3 is 0 Å². The number of carbonyl (C=O) groups excluding carboxylic acids is 1. The maximum Gasteiger partial charge on any atom is 0.224 e. The van der Waals surface area contributed by atoms with Gasteiger partial charge < -0.3 is 15.1 Å². The zero-order valence-corrected chi connectivity index (χ0v) is 15.2. The molecule has 1 N–H and O–H groups in total. The van der Waals surface area contributed by atoms with Gasteiger partial charge in [0.25, 0.3) is 0 Å². The van der Waals surface area contributed by atoms with Crippen LogP contribution in [0.5, 0.6) is 0 Å². The van der Waals surface area contributed by atoms with Crippen molar-refractivity contribution in [2.24, 2.45) is 11.8 Å². The van der Waals surface area contributed by atoms with Crippen molar-refractivity contribution in [2.45, 2.75) is 46.1 Å². The van der Waals surface area contributed by atoms with Crippen LogP contribution in [-0.4, -0.2) is 53.5 Å². The van der Waals surface area contributed by atoms with Gasteiger partial charge in [0.05, 0.1) is 6.04 Å². The topological polar surface area (TPSA) is 61.4 Å². The molecule has 1 amide bonds. The molecule has 6 heteroatoms. The van der Waals surface area contributed by atoms with Crippen molar-refractivity contribution in [1.82, 2.24) is 14.9 Å². The number of nitrogens with one attached hydrogen (secondary N) is 1. The molecular formula is C18H29N5O. The van der Waals surface area contributed by atoms with Gasteiger partial charge in [-0.1, -0.05) is 13.8 Å². The first-order valence-electron chi connectivity index (χ1n) is 9.05. The Bertz CT molecular complexity index is 599. The van der Waals surface area contributed by atoms with Gasteiger partial charge in [0.15, 0.2) is 0 Å². The van der Waals surface area contributed by atoms with Crippen molar-refractivity contribution in [3.05, 3.63) is 11.8 Å². The number of aromatic nitrogens is 2. The number of nitrogens with zero attached hydrogens (tertiary/aromatic N) is 4. The average molecular weight is 331 g/mol. The van der Waals surface area contributed by atoms with Crippen molar-refractivity contribution in [1.29, 1.82) is 0 Å². The Hall–Kier alpha value is -1.85. The first-order valence-corrected chi connectivity index (χ1v) is 9.05. The molecule has 0 unspecified atom stereocenters. The third-order valence-corrected chi connectivity index (χ3v) is 5.03. The fraction of sp³-hybridized carbons (Fsp3) is 0.722. The van der Waals surface area contributed by atoms with Crippen molar-refractivity contribution in [3.8, 4) is 0 Å². The molecule has 2 fully saturated rings. The zero-order valence-electron chi connectivity index (χ0n) is 15.2. The summed E-state index contributed by atoms with van der Waals surface area (Å²) in [4.78, 5) is 26.1. The molecule has 132 valence electrons. The third kappa shape index (κ3) is 3.79. The Kier molecular flexibility index (Phi) is 4.92. The fourth-order valence-corrected chi connectivity index (χ4v) is 3.40. The summed E-state index contributed by atoms with van der Waals surface area (Å²) in [5.74, 6) is 3.00. The largest absolute Gasteiger partial charge is 0.357 e. The van der Waals surface area contributed by atoms with E-state index in [2.05, 4.69) is 38.9 Å². The van der Waals surface area contributed by atoms with E-state index < -0.39 is 0 Å². The highest BCUT2D eigenvalue weighted by atomic mass is 16.2. The quantitative estimate of drug-likeness (QED) is 0.897. The van der Waals surface area contributed by atoms with Crippen molar-refractivity contribution in [2.75, 3.05) is 36.9 Å². The van der Waals surface area contributed by atoms with Crippen molar-refractivity contribution in [3.63, 3.8) is 0 Å². The standard InChI is InChI=1S/C18H29N5O/c1-12(2)15-11-22(16-9-13(3)20-18(19-4)21-16)8-7-17(24)23(15)10-14-5-6-14/h9,12,14-15H,5-8,10-11H2,1-4H3,(H,19,20,21)/t15-/m1/s1. The van der Waals surface area contributed by atoms with Crippen molar-refractivity contribution >= 4 is 17.7 Å². The number of amides is 1. The van der Waals surface area contributed by atoms with Crippen molar-refractivity contribution < 1.29 is 4.79 Å². The fourth-order valence-electron chi connectivity index (χ4n) is 3.40. The molecule has 2 aliphatic rings. The minimum Gasteiger partial charge on any atom is -0.357 e. The summed E-state index contributed by atoms with van der Waals surface area (Å²) in [6, 6.07) is 2.26. The lowest BCUT2D eigenvalue weighted by Crippen LogP contribution is -2.47. The van der Waals surface area contributed by atoms with E-state index in [0.29, 0.717) is 24.2 Å². The smallest absolute Gasteiger partial charge is 0.224 e. The van der Waals surface area contributed by atoms with Crippen LogP contribution < -0.4 is 10.2 Å². The Morgan fingerprint density at radius 2 is 2.08 bits per heavy atom. The van der Waals surface area contributed by atoms with Crippen LogP contribution in [0, 0.1) is 18.8 Å². The lowest BCUT2D eigenvalue weighted by molar-refractivity contribution is -0.133. The van der Waals surface area contributed by atoms with Gasteiger partial charge in [-0.15, -0.1) is 0 Å². The number of anilines is 2. The molecule has 6 nitrogen and oxygen atoms in total. The minimum atomic E-state index is 0.244. The zero-order chi connectivity index (χ0) is 17.3. The molecule has 1 aromatic rings. The van der Waals surface area contributed by atoms with Crippen LogP contribution >= 0.6 is 0 Å². The van der Waals surface area contributed by atoms with E-state index in [1.54, 1.807) is 0 Å². The summed E-state index contributed by atoms with van der Waals surface area (Å²) in [6.07, 6.45) is 3.11. The van der Waals surface area contributed by atoms with Crippen LogP contribution in [0.1, 0.15) is 38.8 Å². The van der Waals surface area contributed by atoms with E-state index in [-0.39, 0.29) is 6.04 Å². The Morgan fingerprint density at radius 1 is 1.33 bits per heavy atom. The minimum absolute atomic E-state index is 0.244. The highest BCUT2D eigenvalue weighted by molar-refractivity contribution is 5.78. The van der Waals surface area contributed by atoms with Gasteiger partial charge in [0, 0.05) is 44.9 Å². The maximum absolute atomic E-state index is 12.7. The molecule has 1 saturated carbocycles. The normalized spacial score (nSPS) is 22.0. The van der Waals surface area contributed by atoms with Crippen LogP contribution in [0.2, 0.25) is 0 Å². The molecule has 1 aliphatic carbocycles. The van der Waals surface area contributed by atoms with E-state index in [1.807, 2.05) is 20.0 Å². The van der Waals surface area contributed by atoms with Gasteiger partial charge in [-0.2, -0.15) is 4.98 Å². The second-order valence-corrected chi connectivity index (χ2v) is 7.44. The second kappa shape index (κ2) is 6.95. The van der Waals surface area contributed by atoms with Crippen LogP contribution in [-0.2, 0) is 4.79 Å². The average Bonchev–Trinajstić information content (AvgIpc) is 3.36. The summed E-state index contributed by atoms with van der Waals surface area (Å²) in [5.41, 5.74) is 0.941. The number of hydrogen-bond donors (Lipinski definition) is 1.